The highest BCUT2D eigenvalue weighted by Crippen LogP contribution is 2.36. The van der Waals surface area contributed by atoms with E-state index >= 15 is 0 Å². The Morgan fingerprint density at radius 1 is 1.27 bits per heavy atom. The van der Waals surface area contributed by atoms with Crippen molar-refractivity contribution in [1.82, 2.24) is 4.90 Å². The highest BCUT2D eigenvalue weighted by Gasteiger charge is 2.41. The van der Waals surface area contributed by atoms with E-state index < -0.39 is 0 Å². The molecule has 3 N–H and O–H groups in total. The van der Waals surface area contributed by atoms with Crippen molar-refractivity contribution in [1.29, 1.82) is 0 Å². The normalized spacial score (nSPS) is 27.3. The summed E-state index contributed by atoms with van der Waals surface area (Å²) in [6, 6.07) is 8.42. The van der Waals surface area contributed by atoms with Crippen molar-refractivity contribution >= 4 is 24.0 Å². The second-order valence-corrected chi connectivity index (χ2v) is 6.46. The van der Waals surface area contributed by atoms with Crippen LogP contribution in [0.2, 0.25) is 0 Å². The Kier molecular flexibility index (Phi) is 5.84. The number of likely N-dealkylation sites (tertiary alicyclic amines) is 1. The molecule has 1 aliphatic heterocycles. The second-order valence-electron chi connectivity index (χ2n) is 6.46. The minimum Gasteiger partial charge on any atom is -0.327 e. The molecular weight excluding hydrogens is 298 g/mol. The maximum Gasteiger partial charge on any atom is 0.238 e. The number of carbonyl (C=O) groups is 1. The first kappa shape index (κ1) is 17.3. The zero-order chi connectivity index (χ0) is 14.8. The minimum atomic E-state index is 0. The van der Waals surface area contributed by atoms with E-state index in [1.165, 1.54) is 12.0 Å². The van der Waals surface area contributed by atoms with Crippen molar-refractivity contribution < 1.29 is 4.79 Å². The van der Waals surface area contributed by atoms with Crippen LogP contribution >= 0.6 is 12.4 Å². The number of benzene rings is 1. The van der Waals surface area contributed by atoms with Gasteiger partial charge in [-0.15, -0.1) is 12.4 Å². The zero-order valence-corrected chi connectivity index (χ0v) is 13.9. The summed E-state index contributed by atoms with van der Waals surface area (Å²) >= 11 is 0. The summed E-state index contributed by atoms with van der Waals surface area (Å²) in [4.78, 5) is 14.4. The van der Waals surface area contributed by atoms with Crippen LogP contribution in [-0.2, 0) is 11.2 Å². The lowest BCUT2D eigenvalue weighted by Crippen LogP contribution is -2.34. The van der Waals surface area contributed by atoms with Crippen LogP contribution in [0, 0.1) is 11.8 Å². The number of halogens is 1. The molecule has 3 rings (SSSR count). The zero-order valence-electron chi connectivity index (χ0n) is 13.1. The smallest absolute Gasteiger partial charge is 0.238 e. The summed E-state index contributed by atoms with van der Waals surface area (Å²) in [6.45, 7) is 4.62. The van der Waals surface area contributed by atoms with Crippen molar-refractivity contribution in [2.24, 2.45) is 17.6 Å². The van der Waals surface area contributed by atoms with Gasteiger partial charge in [-0.25, -0.2) is 0 Å². The van der Waals surface area contributed by atoms with Crippen molar-refractivity contribution in [3.05, 3.63) is 29.8 Å². The molecule has 0 aromatic heterocycles. The molecular formula is C17H26ClN3O. The van der Waals surface area contributed by atoms with Gasteiger partial charge < -0.3 is 11.1 Å². The molecule has 3 unspecified atom stereocenters. The molecule has 2 aliphatic rings. The number of carbonyl (C=O) groups excluding carboxylic acids is 1. The fraction of sp³-hybridized carbons (Fsp3) is 0.588. The number of nitrogens with two attached hydrogens (primary N) is 1. The van der Waals surface area contributed by atoms with Crippen LogP contribution in [0.3, 0.4) is 0 Å². The number of nitrogens with one attached hydrogen (secondary N) is 1. The lowest BCUT2D eigenvalue weighted by Gasteiger charge is -2.17. The number of aryl methyl sites for hydroxylation is 1. The minimum absolute atomic E-state index is 0. The summed E-state index contributed by atoms with van der Waals surface area (Å²) < 4.78 is 0. The summed E-state index contributed by atoms with van der Waals surface area (Å²) in [7, 11) is 0. The molecule has 122 valence electrons. The molecule has 1 saturated carbocycles. The van der Waals surface area contributed by atoms with E-state index in [0.717, 1.165) is 31.6 Å². The van der Waals surface area contributed by atoms with Gasteiger partial charge in [0.1, 0.15) is 0 Å². The van der Waals surface area contributed by atoms with Gasteiger partial charge in [-0.2, -0.15) is 0 Å². The monoisotopic (exact) mass is 323 g/mol. The van der Waals surface area contributed by atoms with E-state index in [2.05, 4.69) is 29.3 Å². The Hall–Kier alpha value is -1.10. The Balaban J connectivity index is 0.00000176. The number of rotatable bonds is 4. The predicted octanol–water partition coefficient (Wildman–Crippen LogP) is 2.28. The summed E-state index contributed by atoms with van der Waals surface area (Å²) in [5, 5.41) is 2.99. The molecule has 0 spiro atoms. The van der Waals surface area contributed by atoms with Crippen LogP contribution in [-0.4, -0.2) is 36.5 Å². The lowest BCUT2D eigenvalue weighted by molar-refractivity contribution is -0.117. The van der Waals surface area contributed by atoms with Crippen molar-refractivity contribution in [2.45, 2.75) is 32.2 Å². The summed E-state index contributed by atoms with van der Waals surface area (Å²) in [5.74, 6) is 1.38. The Bertz CT molecular complexity index is 505. The van der Waals surface area contributed by atoms with E-state index in [-0.39, 0.29) is 18.3 Å². The molecule has 1 aromatic rings. The molecule has 3 atom stereocenters. The second kappa shape index (κ2) is 7.44. The quantitative estimate of drug-likeness (QED) is 0.893. The van der Waals surface area contributed by atoms with Gasteiger partial charge in [-0.1, -0.05) is 19.1 Å². The van der Waals surface area contributed by atoms with Gasteiger partial charge in [0.25, 0.3) is 0 Å². The number of anilines is 1. The van der Waals surface area contributed by atoms with Crippen LogP contribution in [0.5, 0.6) is 0 Å². The SMILES string of the molecule is CCc1ccc(NC(=O)CN2CC3CCC(N)C3C2)cc1.Cl. The Labute approximate surface area is 138 Å². The van der Waals surface area contributed by atoms with Gasteiger partial charge in [-0.05, 0) is 48.8 Å². The fourth-order valence-electron chi connectivity index (χ4n) is 3.76. The topological polar surface area (TPSA) is 58.4 Å². The van der Waals surface area contributed by atoms with E-state index in [1.54, 1.807) is 0 Å². The molecule has 0 radical (unpaired) electrons. The third-order valence-electron chi connectivity index (χ3n) is 5.00. The van der Waals surface area contributed by atoms with Crippen LogP contribution in [0.1, 0.15) is 25.3 Å². The third kappa shape index (κ3) is 3.80. The molecule has 5 heteroatoms. The van der Waals surface area contributed by atoms with Crippen molar-refractivity contribution in [2.75, 3.05) is 25.0 Å². The van der Waals surface area contributed by atoms with E-state index in [1.807, 2.05) is 12.1 Å². The van der Waals surface area contributed by atoms with Crippen LogP contribution in [0.25, 0.3) is 0 Å². The Morgan fingerprint density at radius 3 is 2.64 bits per heavy atom. The van der Waals surface area contributed by atoms with Gasteiger partial charge in [0.15, 0.2) is 0 Å². The standard InChI is InChI=1S/C17H25N3O.ClH/c1-2-12-3-6-14(7-4-12)19-17(21)11-20-9-13-5-8-16(18)15(13)10-20;/h3-4,6-7,13,15-16H,2,5,8-11,18H2,1H3,(H,19,21);1H. The first-order valence-corrected chi connectivity index (χ1v) is 8.02. The number of amides is 1. The molecule has 4 nitrogen and oxygen atoms in total. The summed E-state index contributed by atoms with van der Waals surface area (Å²) in [5.41, 5.74) is 8.31. The first-order chi connectivity index (χ1) is 10.2. The van der Waals surface area contributed by atoms with Gasteiger partial charge in [0.2, 0.25) is 5.91 Å². The average molecular weight is 324 g/mol. The number of hydrogen-bond donors (Lipinski definition) is 2. The molecule has 22 heavy (non-hydrogen) atoms. The third-order valence-corrected chi connectivity index (χ3v) is 5.00. The van der Waals surface area contributed by atoms with Crippen LogP contribution in [0.15, 0.2) is 24.3 Å². The first-order valence-electron chi connectivity index (χ1n) is 8.02. The van der Waals surface area contributed by atoms with Gasteiger partial charge in [0, 0.05) is 24.8 Å². The average Bonchev–Trinajstić information content (AvgIpc) is 3.02. The van der Waals surface area contributed by atoms with Gasteiger partial charge in [-0.3, -0.25) is 9.69 Å². The number of hydrogen-bond acceptors (Lipinski definition) is 3. The Morgan fingerprint density at radius 2 is 2.00 bits per heavy atom. The molecule has 1 saturated heterocycles. The molecule has 0 bridgehead atoms. The van der Waals surface area contributed by atoms with Crippen molar-refractivity contribution in [3.63, 3.8) is 0 Å². The highest BCUT2D eigenvalue weighted by atomic mass is 35.5. The van der Waals surface area contributed by atoms with Crippen molar-refractivity contribution in [3.8, 4) is 0 Å². The van der Waals surface area contributed by atoms with Gasteiger partial charge >= 0.3 is 0 Å². The highest BCUT2D eigenvalue weighted by molar-refractivity contribution is 5.92. The predicted molar refractivity (Wildman–Crippen MR) is 92.3 cm³/mol. The lowest BCUT2D eigenvalue weighted by atomic mass is 9.98. The largest absolute Gasteiger partial charge is 0.327 e. The van der Waals surface area contributed by atoms with E-state index in [9.17, 15) is 4.79 Å². The maximum absolute atomic E-state index is 12.1. The van der Waals surface area contributed by atoms with Crippen LogP contribution in [0.4, 0.5) is 5.69 Å². The molecule has 1 amide bonds. The number of nitrogens with zero attached hydrogens (tertiary/aromatic N) is 1. The van der Waals surface area contributed by atoms with E-state index in [4.69, 9.17) is 5.73 Å². The fourth-order valence-corrected chi connectivity index (χ4v) is 3.76. The number of fused-ring (bicyclic) bond motifs is 1. The molecule has 1 aliphatic carbocycles. The molecule has 1 aromatic carbocycles. The van der Waals surface area contributed by atoms with E-state index in [0.29, 0.717) is 24.4 Å². The van der Waals surface area contributed by atoms with Gasteiger partial charge in [0.05, 0.1) is 6.54 Å². The van der Waals surface area contributed by atoms with Crippen LogP contribution < -0.4 is 11.1 Å². The summed E-state index contributed by atoms with van der Waals surface area (Å²) in [6.07, 6.45) is 3.40. The molecule has 1 heterocycles. The maximum atomic E-state index is 12.1. The molecule has 2 fully saturated rings.